The standard InChI is InChI=1S/C21H20N2O4S4/c24-11(25)4-1-5-23-19(26)13-8-7-9(14(13)20(23)27)16-12(8)15(10-3-2-6-29-10)17-18(30-16)22-21(28)31-17/h2-3,6,8-9,12-16H,1,4-5,7H2,(H,22,28)(H,24,25). The third kappa shape index (κ3) is 2.87. The summed E-state index contributed by atoms with van der Waals surface area (Å²) in [5.41, 5.74) is 0. The smallest absolute Gasteiger partial charge is 0.303 e. The first-order chi connectivity index (χ1) is 15.0. The highest BCUT2D eigenvalue weighted by Gasteiger charge is 2.69. The van der Waals surface area contributed by atoms with Gasteiger partial charge in [-0.15, -0.1) is 34.4 Å². The van der Waals surface area contributed by atoms with Gasteiger partial charge >= 0.3 is 5.97 Å². The molecule has 0 aromatic carbocycles. The van der Waals surface area contributed by atoms with E-state index in [1.54, 1.807) is 22.7 Å². The Kier molecular flexibility index (Phi) is 4.72. The average molecular weight is 493 g/mol. The van der Waals surface area contributed by atoms with Gasteiger partial charge in [0.05, 0.1) is 16.9 Å². The van der Waals surface area contributed by atoms with Gasteiger partial charge in [-0.05, 0) is 54.3 Å². The second kappa shape index (κ2) is 7.26. The van der Waals surface area contributed by atoms with E-state index >= 15 is 0 Å². The zero-order valence-corrected chi connectivity index (χ0v) is 19.6. The molecule has 0 spiro atoms. The van der Waals surface area contributed by atoms with Gasteiger partial charge in [0, 0.05) is 33.9 Å². The molecule has 7 atom stereocenters. The van der Waals surface area contributed by atoms with Crippen molar-refractivity contribution in [1.29, 1.82) is 0 Å². The predicted octanol–water partition coefficient (Wildman–Crippen LogP) is 4.21. The van der Waals surface area contributed by atoms with E-state index in [1.165, 1.54) is 14.7 Å². The van der Waals surface area contributed by atoms with Crippen LogP contribution in [-0.2, 0) is 14.4 Å². The summed E-state index contributed by atoms with van der Waals surface area (Å²) in [6.45, 7) is 0.216. The van der Waals surface area contributed by atoms with E-state index in [4.69, 9.17) is 17.3 Å². The fraction of sp³-hybridized carbons (Fsp3) is 0.524. The molecule has 6 rings (SSSR count). The van der Waals surface area contributed by atoms with Gasteiger partial charge in [-0.3, -0.25) is 19.3 Å². The number of H-pyrrole nitrogens is 1. The Bertz CT molecular complexity index is 1140. The van der Waals surface area contributed by atoms with Gasteiger partial charge in [-0.25, -0.2) is 0 Å². The van der Waals surface area contributed by atoms with Crippen LogP contribution in [-0.4, -0.2) is 44.6 Å². The third-order valence-electron chi connectivity index (χ3n) is 7.44. The first-order valence-corrected chi connectivity index (χ1v) is 13.4. The number of carbonyl (C=O) groups excluding carboxylic acids is 2. The van der Waals surface area contributed by atoms with Crippen LogP contribution in [0.15, 0.2) is 22.5 Å². The zero-order valence-electron chi connectivity index (χ0n) is 16.4. The molecule has 2 aromatic heterocycles. The molecule has 2 amide bonds. The van der Waals surface area contributed by atoms with E-state index in [0.29, 0.717) is 17.6 Å². The molecule has 162 valence electrons. The maximum Gasteiger partial charge on any atom is 0.303 e. The summed E-state index contributed by atoms with van der Waals surface area (Å²) in [4.78, 5) is 44.7. The summed E-state index contributed by atoms with van der Waals surface area (Å²) in [6, 6.07) is 4.25. The second-order valence-corrected chi connectivity index (χ2v) is 12.7. The average Bonchev–Trinajstić information content (AvgIpc) is 3.51. The molecule has 2 aromatic rings. The molecule has 2 aliphatic heterocycles. The molecular formula is C21H20N2O4S4. The number of likely N-dealkylation sites (tertiary alicyclic amines) is 1. The Balaban J connectivity index is 1.36. The number of thiazole rings is 1. The van der Waals surface area contributed by atoms with E-state index in [1.807, 2.05) is 11.8 Å². The highest BCUT2D eigenvalue weighted by atomic mass is 32.2. The number of aromatic amines is 1. The molecule has 6 nitrogen and oxygen atoms in total. The number of carbonyl (C=O) groups is 3. The van der Waals surface area contributed by atoms with Gasteiger partial charge < -0.3 is 10.1 Å². The van der Waals surface area contributed by atoms with Gasteiger partial charge in [0.2, 0.25) is 11.8 Å². The van der Waals surface area contributed by atoms with Crippen molar-refractivity contribution in [1.82, 2.24) is 9.88 Å². The van der Waals surface area contributed by atoms with Crippen molar-refractivity contribution in [2.24, 2.45) is 29.6 Å². The second-order valence-electron chi connectivity index (χ2n) is 8.80. The van der Waals surface area contributed by atoms with Crippen LogP contribution in [0.1, 0.15) is 34.9 Å². The van der Waals surface area contributed by atoms with Crippen LogP contribution in [0.5, 0.6) is 0 Å². The van der Waals surface area contributed by atoms with E-state index in [9.17, 15) is 14.4 Å². The molecule has 4 aliphatic rings. The SMILES string of the molecule is O=C(O)CCCN1C(=O)C2C3CC(C2C1=O)C1C(c2cccs2)c2sc(=S)[nH]c2SC31. The van der Waals surface area contributed by atoms with Crippen molar-refractivity contribution < 1.29 is 19.5 Å². The summed E-state index contributed by atoms with van der Waals surface area (Å²) < 4.78 is 0.781. The first-order valence-electron chi connectivity index (χ1n) is 10.5. The summed E-state index contributed by atoms with van der Waals surface area (Å²) in [7, 11) is 0. The van der Waals surface area contributed by atoms with Gasteiger partial charge in [0.25, 0.3) is 0 Å². The molecule has 10 heteroatoms. The van der Waals surface area contributed by atoms with Gasteiger partial charge in [-0.1, -0.05) is 6.07 Å². The summed E-state index contributed by atoms with van der Waals surface area (Å²) in [5, 5.41) is 12.4. The number of amides is 2. The van der Waals surface area contributed by atoms with Crippen LogP contribution in [0.3, 0.4) is 0 Å². The Morgan fingerprint density at radius 3 is 2.74 bits per heavy atom. The third-order valence-corrected chi connectivity index (χ3v) is 11.3. The maximum atomic E-state index is 13.3. The number of nitrogens with one attached hydrogen (secondary N) is 1. The highest BCUT2D eigenvalue weighted by molar-refractivity contribution is 8.00. The lowest BCUT2D eigenvalue weighted by Gasteiger charge is -2.42. The molecule has 31 heavy (non-hydrogen) atoms. The molecule has 3 fully saturated rings. The van der Waals surface area contributed by atoms with Crippen molar-refractivity contribution in [3.05, 3.63) is 31.2 Å². The summed E-state index contributed by atoms with van der Waals surface area (Å²) in [5.74, 6) is -0.642. The number of hydrogen-bond donors (Lipinski definition) is 2. The predicted molar refractivity (Wildman–Crippen MR) is 121 cm³/mol. The molecular weight excluding hydrogens is 473 g/mol. The van der Waals surface area contributed by atoms with Crippen LogP contribution in [0.2, 0.25) is 0 Å². The number of nitrogens with zero attached hydrogens (tertiary/aromatic N) is 1. The van der Waals surface area contributed by atoms with E-state index in [-0.39, 0.29) is 54.4 Å². The molecule has 7 unspecified atom stereocenters. The van der Waals surface area contributed by atoms with E-state index in [2.05, 4.69) is 22.5 Å². The molecule has 4 heterocycles. The van der Waals surface area contributed by atoms with Crippen molar-refractivity contribution in [3.63, 3.8) is 0 Å². The Morgan fingerprint density at radius 2 is 2.03 bits per heavy atom. The van der Waals surface area contributed by atoms with Crippen LogP contribution in [0.25, 0.3) is 0 Å². The number of carboxylic acids is 1. The number of rotatable bonds is 5. The maximum absolute atomic E-state index is 13.3. The van der Waals surface area contributed by atoms with Gasteiger partial charge in [0.15, 0.2) is 3.95 Å². The van der Waals surface area contributed by atoms with Gasteiger partial charge in [-0.2, -0.15) is 0 Å². The lowest BCUT2D eigenvalue weighted by atomic mass is 9.69. The molecule has 2 aliphatic carbocycles. The van der Waals surface area contributed by atoms with Crippen LogP contribution in [0, 0.1) is 33.5 Å². The fourth-order valence-electron chi connectivity index (χ4n) is 6.47. The minimum Gasteiger partial charge on any atom is -0.481 e. The van der Waals surface area contributed by atoms with Gasteiger partial charge in [0.1, 0.15) is 0 Å². The van der Waals surface area contributed by atoms with Crippen LogP contribution >= 0.6 is 46.7 Å². The van der Waals surface area contributed by atoms with Crippen LogP contribution in [0.4, 0.5) is 0 Å². The Labute approximate surface area is 196 Å². The Hall–Kier alpha value is -1.49. The summed E-state index contributed by atoms with van der Waals surface area (Å²) in [6.07, 6.45) is 1.21. The summed E-state index contributed by atoms with van der Waals surface area (Å²) >= 11 is 10.7. The number of hydrogen-bond acceptors (Lipinski definition) is 7. The number of fused-ring (bicyclic) bond motifs is 9. The molecule has 2 bridgehead atoms. The number of carboxylic acid groups (broad SMARTS) is 1. The molecule has 2 N–H and O–H groups in total. The normalized spacial score (nSPS) is 35.4. The number of thiophene rings is 1. The monoisotopic (exact) mass is 492 g/mol. The van der Waals surface area contributed by atoms with Crippen molar-refractivity contribution >= 4 is 64.4 Å². The largest absolute Gasteiger partial charge is 0.481 e. The fourth-order valence-corrected chi connectivity index (χ4v) is 10.8. The lowest BCUT2D eigenvalue weighted by Crippen LogP contribution is -2.42. The first kappa shape index (κ1) is 20.1. The van der Waals surface area contributed by atoms with E-state index in [0.717, 1.165) is 15.4 Å². The molecule has 2 saturated carbocycles. The number of imide groups is 1. The van der Waals surface area contributed by atoms with Crippen molar-refractivity contribution in [2.45, 2.75) is 35.5 Å². The van der Waals surface area contributed by atoms with Crippen molar-refractivity contribution in [3.8, 4) is 0 Å². The number of thioether (sulfide) groups is 1. The van der Waals surface area contributed by atoms with Crippen LogP contribution < -0.4 is 0 Å². The molecule has 0 radical (unpaired) electrons. The van der Waals surface area contributed by atoms with Crippen molar-refractivity contribution in [2.75, 3.05) is 6.54 Å². The lowest BCUT2D eigenvalue weighted by molar-refractivity contribution is -0.142. The Morgan fingerprint density at radius 1 is 1.26 bits per heavy atom. The minimum absolute atomic E-state index is 0.0275. The molecule has 1 saturated heterocycles. The minimum atomic E-state index is -0.899. The highest BCUT2D eigenvalue weighted by Crippen LogP contribution is 2.69. The van der Waals surface area contributed by atoms with E-state index < -0.39 is 5.97 Å². The number of aromatic nitrogens is 1. The zero-order chi connectivity index (χ0) is 21.4. The topological polar surface area (TPSA) is 90.5 Å². The number of aliphatic carboxylic acids is 1. The quantitative estimate of drug-likeness (QED) is 0.480.